The molecule has 0 bridgehead atoms. The van der Waals surface area contributed by atoms with Gasteiger partial charge in [0.25, 0.3) is 5.69 Å². The molecule has 0 heterocycles. The molecule has 0 saturated carbocycles. The SMILES string of the molecule is COC(=O)/C=C/c1ccc(C(C)C)cc1[N+](=O)[O-]. The van der Waals surface area contributed by atoms with E-state index in [1.807, 2.05) is 19.9 Å². The fraction of sp³-hybridized carbons (Fsp3) is 0.308. The van der Waals surface area contributed by atoms with Crippen LogP contribution in [-0.4, -0.2) is 18.0 Å². The predicted octanol–water partition coefficient (Wildman–Crippen LogP) is 2.90. The van der Waals surface area contributed by atoms with E-state index in [9.17, 15) is 14.9 Å². The van der Waals surface area contributed by atoms with E-state index < -0.39 is 10.9 Å². The second kappa shape index (κ2) is 5.95. The number of hydrogen-bond donors (Lipinski definition) is 0. The molecule has 0 atom stereocenters. The molecule has 1 rings (SSSR count). The minimum atomic E-state index is -0.544. The van der Waals surface area contributed by atoms with E-state index in [1.165, 1.54) is 19.3 Å². The quantitative estimate of drug-likeness (QED) is 0.356. The lowest BCUT2D eigenvalue weighted by Crippen LogP contribution is -1.97. The van der Waals surface area contributed by atoms with Crippen LogP contribution < -0.4 is 0 Å². The molecule has 1 aromatic rings. The summed E-state index contributed by atoms with van der Waals surface area (Å²) in [5, 5.41) is 11.0. The Kier molecular flexibility index (Phi) is 4.59. The van der Waals surface area contributed by atoms with Gasteiger partial charge in [0.1, 0.15) is 0 Å². The Hall–Kier alpha value is -2.17. The number of carbonyl (C=O) groups is 1. The normalized spacial score (nSPS) is 10.9. The smallest absolute Gasteiger partial charge is 0.330 e. The lowest BCUT2D eigenvalue weighted by Gasteiger charge is -2.06. The van der Waals surface area contributed by atoms with Gasteiger partial charge in [0.2, 0.25) is 0 Å². The van der Waals surface area contributed by atoms with Crippen LogP contribution in [0, 0.1) is 10.1 Å². The first kappa shape index (κ1) is 13.9. The van der Waals surface area contributed by atoms with Crippen molar-refractivity contribution in [2.24, 2.45) is 0 Å². The Labute approximate surface area is 105 Å². The number of benzene rings is 1. The van der Waals surface area contributed by atoms with E-state index in [-0.39, 0.29) is 11.6 Å². The molecular weight excluding hydrogens is 234 g/mol. The topological polar surface area (TPSA) is 69.4 Å². The second-order valence-corrected chi connectivity index (χ2v) is 4.09. The molecule has 0 fully saturated rings. The van der Waals surface area contributed by atoms with Crippen LogP contribution in [0.15, 0.2) is 24.3 Å². The molecule has 0 aromatic heterocycles. The predicted molar refractivity (Wildman–Crippen MR) is 68.2 cm³/mol. The molecule has 96 valence electrons. The summed E-state index contributed by atoms with van der Waals surface area (Å²) < 4.78 is 4.44. The number of nitrogens with zero attached hydrogens (tertiary/aromatic N) is 1. The van der Waals surface area contributed by atoms with E-state index in [0.29, 0.717) is 5.56 Å². The van der Waals surface area contributed by atoms with Crippen LogP contribution in [0.2, 0.25) is 0 Å². The molecule has 0 amide bonds. The summed E-state index contributed by atoms with van der Waals surface area (Å²) in [5.41, 5.74) is 1.26. The van der Waals surface area contributed by atoms with Crippen molar-refractivity contribution in [1.29, 1.82) is 0 Å². The van der Waals surface area contributed by atoms with Gasteiger partial charge < -0.3 is 4.74 Å². The highest BCUT2D eigenvalue weighted by Gasteiger charge is 2.14. The summed E-state index contributed by atoms with van der Waals surface area (Å²) >= 11 is 0. The van der Waals surface area contributed by atoms with E-state index in [1.54, 1.807) is 6.07 Å². The van der Waals surface area contributed by atoms with Gasteiger partial charge in [0, 0.05) is 12.1 Å². The molecule has 0 unspecified atom stereocenters. The van der Waals surface area contributed by atoms with Crippen molar-refractivity contribution in [3.05, 3.63) is 45.5 Å². The molecule has 18 heavy (non-hydrogen) atoms. The largest absolute Gasteiger partial charge is 0.466 e. The van der Waals surface area contributed by atoms with Crippen LogP contribution >= 0.6 is 0 Å². The van der Waals surface area contributed by atoms with Crippen LogP contribution in [0.1, 0.15) is 30.9 Å². The van der Waals surface area contributed by atoms with Gasteiger partial charge in [0.15, 0.2) is 0 Å². The summed E-state index contributed by atoms with van der Waals surface area (Å²) in [6, 6.07) is 4.98. The molecule has 5 heteroatoms. The number of carbonyl (C=O) groups excluding carboxylic acids is 1. The fourth-order valence-corrected chi connectivity index (χ4v) is 1.44. The third-order valence-corrected chi connectivity index (χ3v) is 2.52. The molecule has 0 aliphatic heterocycles. The number of nitro benzene ring substituents is 1. The minimum absolute atomic E-state index is 0.0126. The van der Waals surface area contributed by atoms with Crippen molar-refractivity contribution >= 4 is 17.7 Å². The van der Waals surface area contributed by atoms with Gasteiger partial charge in [-0.1, -0.05) is 19.9 Å². The zero-order valence-corrected chi connectivity index (χ0v) is 10.5. The van der Waals surface area contributed by atoms with Gasteiger partial charge in [0.05, 0.1) is 17.6 Å². The van der Waals surface area contributed by atoms with Gasteiger partial charge in [-0.25, -0.2) is 4.79 Å². The Morgan fingerprint density at radius 2 is 2.11 bits per heavy atom. The molecule has 1 aromatic carbocycles. The van der Waals surface area contributed by atoms with Crippen molar-refractivity contribution in [2.75, 3.05) is 7.11 Å². The first-order chi connectivity index (χ1) is 8.45. The maximum Gasteiger partial charge on any atom is 0.330 e. The minimum Gasteiger partial charge on any atom is -0.466 e. The number of methoxy groups -OCH3 is 1. The molecule has 0 aliphatic rings. The maximum absolute atomic E-state index is 11.0. The summed E-state index contributed by atoms with van der Waals surface area (Å²) in [4.78, 5) is 21.5. The van der Waals surface area contributed by atoms with Crippen molar-refractivity contribution in [2.45, 2.75) is 19.8 Å². The van der Waals surface area contributed by atoms with Crippen molar-refractivity contribution in [1.82, 2.24) is 0 Å². The van der Waals surface area contributed by atoms with E-state index in [2.05, 4.69) is 4.74 Å². The monoisotopic (exact) mass is 249 g/mol. The summed E-state index contributed by atoms with van der Waals surface area (Å²) in [7, 11) is 1.25. The molecule has 0 spiro atoms. The van der Waals surface area contributed by atoms with Crippen molar-refractivity contribution in [3.8, 4) is 0 Å². The summed E-state index contributed by atoms with van der Waals surface area (Å²) in [5.74, 6) is -0.334. The maximum atomic E-state index is 11.0. The van der Waals surface area contributed by atoms with Gasteiger partial charge >= 0.3 is 5.97 Å². The average molecular weight is 249 g/mol. The molecule has 0 radical (unpaired) electrons. The number of rotatable bonds is 4. The van der Waals surface area contributed by atoms with Gasteiger partial charge in [-0.15, -0.1) is 0 Å². The van der Waals surface area contributed by atoms with Gasteiger partial charge in [-0.05, 0) is 23.6 Å². The Balaban J connectivity index is 3.16. The molecule has 0 aliphatic carbocycles. The van der Waals surface area contributed by atoms with Gasteiger partial charge in [-0.2, -0.15) is 0 Å². The van der Waals surface area contributed by atoms with E-state index in [0.717, 1.165) is 11.6 Å². The third kappa shape index (κ3) is 3.41. The lowest BCUT2D eigenvalue weighted by molar-refractivity contribution is -0.385. The van der Waals surface area contributed by atoms with Crippen LogP contribution in [-0.2, 0) is 9.53 Å². The standard InChI is InChI=1S/C13H15NO4/c1-9(2)11-5-4-10(6-7-13(15)18-3)12(8-11)14(16)17/h4-9H,1-3H3/b7-6+. The molecular formula is C13H15NO4. The Morgan fingerprint density at radius 3 is 2.61 bits per heavy atom. The lowest BCUT2D eigenvalue weighted by atomic mass is 10.00. The average Bonchev–Trinajstić information content (AvgIpc) is 2.35. The number of hydrogen-bond acceptors (Lipinski definition) is 4. The van der Waals surface area contributed by atoms with Crippen molar-refractivity contribution < 1.29 is 14.5 Å². The highest BCUT2D eigenvalue weighted by atomic mass is 16.6. The number of nitro groups is 1. The van der Waals surface area contributed by atoms with Gasteiger partial charge in [-0.3, -0.25) is 10.1 Å². The Morgan fingerprint density at radius 1 is 1.44 bits per heavy atom. The number of esters is 1. The zero-order chi connectivity index (χ0) is 13.7. The zero-order valence-electron chi connectivity index (χ0n) is 10.5. The highest BCUT2D eigenvalue weighted by Crippen LogP contribution is 2.25. The van der Waals surface area contributed by atoms with Crippen LogP contribution in [0.3, 0.4) is 0 Å². The first-order valence-electron chi connectivity index (χ1n) is 5.50. The highest BCUT2D eigenvalue weighted by molar-refractivity contribution is 5.87. The third-order valence-electron chi connectivity index (χ3n) is 2.52. The van der Waals surface area contributed by atoms with Crippen LogP contribution in [0.25, 0.3) is 6.08 Å². The van der Waals surface area contributed by atoms with Crippen LogP contribution in [0.5, 0.6) is 0 Å². The Bertz CT molecular complexity index is 492. The fourth-order valence-electron chi connectivity index (χ4n) is 1.44. The van der Waals surface area contributed by atoms with E-state index in [4.69, 9.17) is 0 Å². The molecule has 0 N–H and O–H groups in total. The second-order valence-electron chi connectivity index (χ2n) is 4.09. The van der Waals surface area contributed by atoms with Crippen LogP contribution in [0.4, 0.5) is 5.69 Å². The van der Waals surface area contributed by atoms with E-state index >= 15 is 0 Å². The summed E-state index contributed by atoms with van der Waals surface area (Å²) in [6.45, 7) is 3.92. The van der Waals surface area contributed by atoms with Crippen molar-refractivity contribution in [3.63, 3.8) is 0 Å². The molecule has 0 saturated heterocycles. The summed E-state index contributed by atoms with van der Waals surface area (Å²) in [6.07, 6.45) is 2.55. The first-order valence-corrected chi connectivity index (χ1v) is 5.50. The molecule has 5 nitrogen and oxygen atoms in total. The number of ether oxygens (including phenoxy) is 1.